The number of hydrogen-bond acceptors (Lipinski definition) is 2. The van der Waals surface area contributed by atoms with Crippen LogP contribution >= 0.6 is 0 Å². The molecule has 0 bridgehead atoms. The third kappa shape index (κ3) is 2.05. The molecule has 0 radical (unpaired) electrons. The van der Waals surface area contributed by atoms with E-state index in [-0.39, 0.29) is 5.56 Å². The molecule has 0 spiro atoms. The first kappa shape index (κ1) is 10.6. The average molecular weight is 194 g/mol. The summed E-state index contributed by atoms with van der Waals surface area (Å²) < 4.78 is 5.30. The second-order valence-electron chi connectivity index (χ2n) is 3.20. The predicted octanol–water partition coefficient (Wildman–Crippen LogP) is 2.40. The van der Waals surface area contributed by atoms with Crippen molar-refractivity contribution in [1.29, 1.82) is 0 Å². The van der Waals surface area contributed by atoms with Crippen LogP contribution in [-0.4, -0.2) is 17.7 Å². The minimum Gasteiger partial charge on any atom is -0.493 e. The van der Waals surface area contributed by atoms with Crippen molar-refractivity contribution in [3.05, 3.63) is 28.8 Å². The molecule has 0 saturated heterocycles. The van der Waals surface area contributed by atoms with Gasteiger partial charge >= 0.3 is 5.97 Å². The van der Waals surface area contributed by atoms with Gasteiger partial charge in [0.1, 0.15) is 11.3 Å². The van der Waals surface area contributed by atoms with Crippen molar-refractivity contribution in [3.63, 3.8) is 0 Å². The number of carbonyl (C=O) groups is 1. The van der Waals surface area contributed by atoms with E-state index in [0.717, 1.165) is 11.1 Å². The standard InChI is InChI=1S/C11H14O3/c1-4-14-10-8(3)5-7(2)6-9(10)11(12)13/h5-6H,4H2,1-3H3,(H,12,13). The number of hydrogen-bond donors (Lipinski definition) is 1. The second kappa shape index (κ2) is 4.13. The number of benzene rings is 1. The first-order chi connectivity index (χ1) is 6.56. The number of aromatic carboxylic acids is 1. The Morgan fingerprint density at radius 1 is 1.43 bits per heavy atom. The van der Waals surface area contributed by atoms with Gasteiger partial charge in [0.05, 0.1) is 6.61 Å². The molecule has 0 amide bonds. The molecule has 0 heterocycles. The predicted molar refractivity (Wildman–Crippen MR) is 54.0 cm³/mol. The highest BCUT2D eigenvalue weighted by molar-refractivity contribution is 5.91. The highest BCUT2D eigenvalue weighted by atomic mass is 16.5. The van der Waals surface area contributed by atoms with Crippen LogP contribution in [0.4, 0.5) is 0 Å². The summed E-state index contributed by atoms with van der Waals surface area (Å²) in [6, 6.07) is 3.54. The molecule has 0 atom stereocenters. The summed E-state index contributed by atoms with van der Waals surface area (Å²) in [6.45, 7) is 6.04. The zero-order chi connectivity index (χ0) is 10.7. The Morgan fingerprint density at radius 2 is 2.07 bits per heavy atom. The normalized spacial score (nSPS) is 9.93. The van der Waals surface area contributed by atoms with Gasteiger partial charge in [-0.1, -0.05) is 6.07 Å². The molecular formula is C11H14O3. The van der Waals surface area contributed by atoms with Crippen molar-refractivity contribution >= 4 is 5.97 Å². The van der Waals surface area contributed by atoms with Gasteiger partial charge in [0, 0.05) is 0 Å². The van der Waals surface area contributed by atoms with Crippen LogP contribution in [0.1, 0.15) is 28.4 Å². The maximum Gasteiger partial charge on any atom is 0.339 e. The quantitative estimate of drug-likeness (QED) is 0.803. The number of carboxylic acids is 1. The minimum atomic E-state index is -0.944. The van der Waals surface area contributed by atoms with E-state index in [0.29, 0.717) is 12.4 Å². The Bertz CT molecular complexity index is 356. The average Bonchev–Trinajstić information content (AvgIpc) is 2.09. The topological polar surface area (TPSA) is 46.5 Å². The molecule has 3 nitrogen and oxygen atoms in total. The lowest BCUT2D eigenvalue weighted by Gasteiger charge is -2.11. The Hall–Kier alpha value is -1.51. The van der Waals surface area contributed by atoms with Crippen molar-refractivity contribution in [2.45, 2.75) is 20.8 Å². The zero-order valence-electron chi connectivity index (χ0n) is 8.63. The highest BCUT2D eigenvalue weighted by Gasteiger charge is 2.13. The molecule has 0 aliphatic carbocycles. The van der Waals surface area contributed by atoms with Gasteiger partial charge in [-0.05, 0) is 38.0 Å². The van der Waals surface area contributed by atoms with Crippen LogP contribution in [0.5, 0.6) is 5.75 Å². The van der Waals surface area contributed by atoms with Crippen molar-refractivity contribution in [2.24, 2.45) is 0 Å². The summed E-state index contributed by atoms with van der Waals surface area (Å²) in [6.07, 6.45) is 0. The molecule has 0 saturated carbocycles. The van der Waals surface area contributed by atoms with Crippen LogP contribution in [-0.2, 0) is 0 Å². The van der Waals surface area contributed by atoms with Gasteiger partial charge in [-0.3, -0.25) is 0 Å². The van der Waals surface area contributed by atoms with Crippen LogP contribution < -0.4 is 4.74 Å². The van der Waals surface area contributed by atoms with E-state index in [4.69, 9.17) is 9.84 Å². The molecule has 14 heavy (non-hydrogen) atoms. The third-order valence-corrected chi connectivity index (χ3v) is 1.94. The van der Waals surface area contributed by atoms with Gasteiger partial charge in [-0.25, -0.2) is 4.79 Å². The molecule has 0 unspecified atom stereocenters. The molecule has 0 aliphatic rings. The van der Waals surface area contributed by atoms with Crippen LogP contribution in [0.25, 0.3) is 0 Å². The minimum absolute atomic E-state index is 0.240. The fourth-order valence-electron chi connectivity index (χ4n) is 1.45. The molecule has 0 aliphatic heterocycles. The summed E-state index contributed by atoms with van der Waals surface area (Å²) in [5, 5.41) is 8.96. The maximum absolute atomic E-state index is 10.9. The molecule has 3 heteroatoms. The van der Waals surface area contributed by atoms with Crippen LogP contribution in [0.3, 0.4) is 0 Å². The van der Waals surface area contributed by atoms with Crippen molar-refractivity contribution in [2.75, 3.05) is 6.61 Å². The molecule has 1 aromatic carbocycles. The summed E-state index contributed by atoms with van der Waals surface area (Å²) in [7, 11) is 0. The van der Waals surface area contributed by atoms with Gasteiger partial charge in [0.25, 0.3) is 0 Å². The Balaban J connectivity index is 3.28. The van der Waals surface area contributed by atoms with Gasteiger partial charge in [0.2, 0.25) is 0 Å². The fourth-order valence-corrected chi connectivity index (χ4v) is 1.45. The first-order valence-corrected chi connectivity index (χ1v) is 4.53. The van der Waals surface area contributed by atoms with E-state index in [9.17, 15) is 4.79 Å². The van der Waals surface area contributed by atoms with E-state index in [1.807, 2.05) is 26.8 Å². The Kier molecular flexibility index (Phi) is 3.12. The third-order valence-electron chi connectivity index (χ3n) is 1.94. The number of aryl methyl sites for hydroxylation is 2. The smallest absolute Gasteiger partial charge is 0.339 e. The summed E-state index contributed by atoms with van der Waals surface area (Å²) in [5.41, 5.74) is 2.04. The van der Waals surface area contributed by atoms with E-state index >= 15 is 0 Å². The van der Waals surface area contributed by atoms with Crippen LogP contribution in [0.2, 0.25) is 0 Å². The summed E-state index contributed by atoms with van der Waals surface area (Å²) in [5.74, 6) is -0.467. The molecule has 1 aromatic rings. The lowest BCUT2D eigenvalue weighted by atomic mass is 10.1. The SMILES string of the molecule is CCOc1c(C)cc(C)cc1C(=O)O. The van der Waals surface area contributed by atoms with Crippen LogP contribution in [0.15, 0.2) is 12.1 Å². The largest absolute Gasteiger partial charge is 0.493 e. The Morgan fingerprint density at radius 3 is 2.57 bits per heavy atom. The molecule has 76 valence electrons. The number of carboxylic acid groups (broad SMARTS) is 1. The molecule has 1 N–H and O–H groups in total. The first-order valence-electron chi connectivity index (χ1n) is 4.53. The van der Waals surface area contributed by atoms with E-state index in [2.05, 4.69) is 0 Å². The van der Waals surface area contributed by atoms with E-state index in [1.54, 1.807) is 6.07 Å². The zero-order valence-corrected chi connectivity index (χ0v) is 8.63. The van der Waals surface area contributed by atoms with Gasteiger partial charge in [-0.2, -0.15) is 0 Å². The van der Waals surface area contributed by atoms with Gasteiger partial charge in [-0.15, -0.1) is 0 Å². The summed E-state index contributed by atoms with van der Waals surface area (Å²) >= 11 is 0. The number of ether oxygens (including phenoxy) is 1. The lowest BCUT2D eigenvalue weighted by molar-refractivity contribution is 0.0692. The van der Waals surface area contributed by atoms with Crippen molar-refractivity contribution in [1.82, 2.24) is 0 Å². The van der Waals surface area contributed by atoms with Crippen molar-refractivity contribution in [3.8, 4) is 5.75 Å². The van der Waals surface area contributed by atoms with E-state index in [1.165, 1.54) is 0 Å². The van der Waals surface area contributed by atoms with Gasteiger partial charge < -0.3 is 9.84 Å². The number of rotatable bonds is 3. The molecule has 0 aromatic heterocycles. The molecule has 1 rings (SSSR count). The van der Waals surface area contributed by atoms with Crippen LogP contribution in [0, 0.1) is 13.8 Å². The maximum atomic E-state index is 10.9. The van der Waals surface area contributed by atoms with Crippen molar-refractivity contribution < 1.29 is 14.6 Å². The summed E-state index contributed by atoms with van der Waals surface area (Å²) in [4.78, 5) is 10.9. The monoisotopic (exact) mass is 194 g/mol. The highest BCUT2D eigenvalue weighted by Crippen LogP contribution is 2.25. The fraction of sp³-hybridized carbons (Fsp3) is 0.364. The molecule has 0 fully saturated rings. The van der Waals surface area contributed by atoms with Gasteiger partial charge in [0.15, 0.2) is 0 Å². The van der Waals surface area contributed by atoms with E-state index < -0.39 is 5.97 Å². The second-order valence-corrected chi connectivity index (χ2v) is 3.20. The Labute approximate surface area is 83.3 Å². The lowest BCUT2D eigenvalue weighted by Crippen LogP contribution is -2.05. The molecular weight excluding hydrogens is 180 g/mol.